The molecule has 0 aromatic heterocycles. The maximum Gasteiger partial charge on any atom is 0.410 e. The maximum absolute atomic E-state index is 14.1. The van der Waals surface area contributed by atoms with Crippen molar-refractivity contribution in [2.75, 3.05) is 13.2 Å². The highest BCUT2D eigenvalue weighted by molar-refractivity contribution is 5.96. The summed E-state index contributed by atoms with van der Waals surface area (Å²) >= 11 is 0. The molecule has 2 N–H and O–H groups in total. The molecular weight excluding hydrogens is 624 g/mol. The van der Waals surface area contributed by atoms with Gasteiger partial charge in [0, 0.05) is 6.54 Å². The molecule has 3 atom stereocenters. The molecule has 0 bridgehead atoms. The van der Waals surface area contributed by atoms with Crippen LogP contribution in [0.15, 0.2) is 78.9 Å². The third-order valence-corrected chi connectivity index (χ3v) is 7.84. The molecule has 0 radical (unpaired) electrons. The normalized spacial score (nSPS) is 15.4. The van der Waals surface area contributed by atoms with Crippen molar-refractivity contribution in [2.24, 2.45) is 5.92 Å². The first kappa shape index (κ1) is 35.7. The summed E-state index contributed by atoms with van der Waals surface area (Å²) in [7, 11) is 0. The summed E-state index contributed by atoms with van der Waals surface area (Å²) in [5, 5.41) is 5.44. The van der Waals surface area contributed by atoms with Crippen molar-refractivity contribution in [2.45, 2.75) is 64.3 Å². The lowest BCUT2D eigenvalue weighted by molar-refractivity contribution is -0.133. The van der Waals surface area contributed by atoms with E-state index in [-0.39, 0.29) is 25.4 Å². The Hall–Kier alpha value is -5.13. The van der Waals surface area contributed by atoms with Crippen LogP contribution in [0.2, 0.25) is 0 Å². The lowest BCUT2D eigenvalue weighted by Crippen LogP contribution is -2.56. The summed E-state index contributed by atoms with van der Waals surface area (Å²) in [6.07, 6.45) is 0.549. The first-order chi connectivity index (χ1) is 23.0. The number of esters is 1. The summed E-state index contributed by atoms with van der Waals surface area (Å²) in [5.74, 6) is -5.60. The summed E-state index contributed by atoms with van der Waals surface area (Å²) < 4.78 is 38.6. The minimum atomic E-state index is -1.36. The number of likely N-dealkylation sites (tertiary alicyclic amines) is 1. The van der Waals surface area contributed by atoms with Gasteiger partial charge in [0.2, 0.25) is 11.8 Å². The Kier molecular flexibility index (Phi) is 12.8. The van der Waals surface area contributed by atoms with Crippen molar-refractivity contribution in [1.29, 1.82) is 0 Å². The van der Waals surface area contributed by atoms with E-state index in [1.54, 1.807) is 30.3 Å². The number of carbonyl (C=O) groups excluding carboxylic acids is 5. The van der Waals surface area contributed by atoms with Crippen LogP contribution in [-0.2, 0) is 36.9 Å². The number of hydrogen-bond acceptors (Lipinski definition) is 7. The number of ketones is 1. The van der Waals surface area contributed by atoms with Crippen LogP contribution in [-0.4, -0.2) is 65.8 Å². The van der Waals surface area contributed by atoms with Crippen molar-refractivity contribution in [3.05, 3.63) is 107 Å². The highest BCUT2D eigenvalue weighted by Crippen LogP contribution is 2.20. The first-order valence-electron chi connectivity index (χ1n) is 15.8. The number of hydrogen-bond donors (Lipinski definition) is 2. The number of nitrogens with zero attached hydrogens (tertiary/aromatic N) is 1. The van der Waals surface area contributed by atoms with Gasteiger partial charge in [0.15, 0.2) is 12.4 Å². The lowest BCUT2D eigenvalue weighted by Gasteiger charge is -2.27. The molecule has 254 valence electrons. The number of rotatable bonds is 14. The molecule has 12 heteroatoms. The van der Waals surface area contributed by atoms with Gasteiger partial charge in [-0.05, 0) is 54.9 Å². The fraction of sp³-hybridized carbons (Fsp3) is 0.361. The minimum absolute atomic E-state index is 0.0169. The Labute approximate surface area is 277 Å². The number of nitrogens with one attached hydrogen (secondary N) is 2. The largest absolute Gasteiger partial charge is 0.454 e. The second-order valence-electron chi connectivity index (χ2n) is 12.0. The van der Waals surface area contributed by atoms with E-state index in [1.807, 2.05) is 44.2 Å². The zero-order chi connectivity index (χ0) is 34.6. The van der Waals surface area contributed by atoms with E-state index in [0.717, 1.165) is 23.8 Å². The Morgan fingerprint density at radius 3 is 2.06 bits per heavy atom. The molecule has 3 amide bonds. The number of halogens is 2. The van der Waals surface area contributed by atoms with Crippen LogP contribution in [0.4, 0.5) is 13.6 Å². The highest BCUT2D eigenvalue weighted by atomic mass is 19.1. The SMILES string of the molecule is CC(C)C[C@H](NC(=O)[C@@H]1CCCN1C(=O)OCc1ccccc1)C(=O)N[C@@H](Cc1ccccc1)C(=O)COC(=O)c1c(F)cccc1F. The zero-order valence-electron chi connectivity index (χ0n) is 26.8. The summed E-state index contributed by atoms with van der Waals surface area (Å²) in [4.78, 5) is 67.1. The molecule has 1 aliphatic rings. The molecule has 1 aliphatic heterocycles. The molecule has 0 unspecified atom stereocenters. The number of ether oxygens (including phenoxy) is 2. The van der Waals surface area contributed by atoms with Crippen molar-refractivity contribution in [3.8, 4) is 0 Å². The van der Waals surface area contributed by atoms with Crippen molar-refractivity contribution in [3.63, 3.8) is 0 Å². The van der Waals surface area contributed by atoms with Crippen LogP contribution in [0.3, 0.4) is 0 Å². The van der Waals surface area contributed by atoms with Gasteiger partial charge in [-0.25, -0.2) is 18.4 Å². The molecule has 1 heterocycles. The predicted molar refractivity (Wildman–Crippen MR) is 171 cm³/mol. The second-order valence-corrected chi connectivity index (χ2v) is 12.0. The van der Waals surface area contributed by atoms with E-state index in [9.17, 15) is 32.8 Å². The Balaban J connectivity index is 1.44. The van der Waals surface area contributed by atoms with E-state index < -0.39 is 71.6 Å². The van der Waals surface area contributed by atoms with Crippen molar-refractivity contribution < 1.29 is 42.2 Å². The van der Waals surface area contributed by atoms with Crippen molar-refractivity contribution >= 4 is 29.7 Å². The van der Waals surface area contributed by atoms with Crippen LogP contribution in [0, 0.1) is 17.6 Å². The monoisotopic (exact) mass is 663 g/mol. The molecule has 4 rings (SSSR count). The third kappa shape index (κ3) is 9.93. The van der Waals surface area contributed by atoms with Gasteiger partial charge in [-0.2, -0.15) is 0 Å². The smallest absolute Gasteiger partial charge is 0.410 e. The predicted octanol–water partition coefficient (Wildman–Crippen LogP) is 4.75. The fourth-order valence-corrected chi connectivity index (χ4v) is 5.40. The van der Waals surface area contributed by atoms with Crippen molar-refractivity contribution in [1.82, 2.24) is 15.5 Å². The summed E-state index contributed by atoms with van der Waals surface area (Å²) in [6, 6.07) is 17.6. The van der Waals surface area contributed by atoms with Gasteiger partial charge < -0.3 is 20.1 Å². The van der Waals surface area contributed by atoms with Gasteiger partial charge >= 0.3 is 12.1 Å². The molecule has 0 aliphatic carbocycles. The summed E-state index contributed by atoms with van der Waals surface area (Å²) in [6.45, 7) is 3.22. The van der Waals surface area contributed by atoms with Gasteiger partial charge in [0.05, 0.1) is 6.04 Å². The number of carbonyl (C=O) groups is 5. The molecule has 3 aromatic rings. The number of benzene rings is 3. The quantitative estimate of drug-likeness (QED) is 0.238. The van der Waals surface area contributed by atoms with E-state index in [4.69, 9.17) is 9.47 Å². The van der Waals surface area contributed by atoms with E-state index in [1.165, 1.54) is 4.90 Å². The molecule has 3 aromatic carbocycles. The van der Waals surface area contributed by atoms with Crippen LogP contribution in [0.25, 0.3) is 0 Å². The highest BCUT2D eigenvalue weighted by Gasteiger charge is 2.37. The molecule has 0 saturated carbocycles. The molecular formula is C36H39F2N3O7. The average molecular weight is 664 g/mol. The fourth-order valence-electron chi connectivity index (χ4n) is 5.40. The zero-order valence-corrected chi connectivity index (χ0v) is 26.8. The molecule has 0 spiro atoms. The van der Waals surface area contributed by atoms with Gasteiger partial charge in [0.25, 0.3) is 0 Å². The molecule has 10 nitrogen and oxygen atoms in total. The molecule has 1 fully saturated rings. The Morgan fingerprint density at radius 1 is 0.812 bits per heavy atom. The lowest BCUT2D eigenvalue weighted by atomic mass is 9.99. The van der Waals surface area contributed by atoms with Gasteiger partial charge in [-0.15, -0.1) is 0 Å². The Morgan fingerprint density at radius 2 is 1.44 bits per heavy atom. The second kappa shape index (κ2) is 17.1. The van der Waals surface area contributed by atoms with Gasteiger partial charge in [-0.1, -0.05) is 80.6 Å². The minimum Gasteiger partial charge on any atom is -0.454 e. The Bertz CT molecular complexity index is 1570. The number of amides is 3. The number of Topliss-reactive ketones (excluding diaryl/α,β-unsaturated/α-hetero) is 1. The standard InChI is InChI=1S/C36H39F2N3O7/c1-23(2)19-29(40-34(44)30-17-10-18-41(30)36(46)48-21-25-13-7-4-8-14-25)33(43)39-28(20-24-11-5-3-6-12-24)31(42)22-47-35(45)32-26(37)15-9-16-27(32)38/h3-9,11-16,23,28-30H,10,17-22H2,1-2H3,(H,39,43)(H,40,44)/t28-,29-,30-/m0/s1. The third-order valence-electron chi connectivity index (χ3n) is 7.84. The maximum atomic E-state index is 14.1. The first-order valence-corrected chi connectivity index (χ1v) is 15.8. The van der Waals surface area contributed by atoms with Crippen LogP contribution >= 0.6 is 0 Å². The van der Waals surface area contributed by atoms with Crippen LogP contribution < -0.4 is 10.6 Å². The average Bonchev–Trinajstić information content (AvgIpc) is 3.57. The molecule has 48 heavy (non-hydrogen) atoms. The van der Waals surface area contributed by atoms with E-state index >= 15 is 0 Å². The van der Waals surface area contributed by atoms with Crippen LogP contribution in [0.1, 0.15) is 54.6 Å². The van der Waals surface area contributed by atoms with Gasteiger partial charge in [0.1, 0.15) is 35.9 Å². The summed E-state index contributed by atoms with van der Waals surface area (Å²) in [5.41, 5.74) is 0.551. The van der Waals surface area contributed by atoms with Gasteiger partial charge in [-0.3, -0.25) is 19.3 Å². The van der Waals surface area contributed by atoms with Crippen LogP contribution in [0.5, 0.6) is 0 Å². The van der Waals surface area contributed by atoms with E-state index in [0.29, 0.717) is 24.9 Å². The topological polar surface area (TPSA) is 131 Å². The van der Waals surface area contributed by atoms with E-state index in [2.05, 4.69) is 10.6 Å². The molecule has 1 saturated heterocycles.